The molecule has 41 heavy (non-hydrogen) atoms. The molecule has 0 radical (unpaired) electrons. The highest BCUT2D eigenvalue weighted by Gasteiger charge is 2.26. The minimum absolute atomic E-state index is 0.275. The van der Waals surface area contributed by atoms with Crippen molar-refractivity contribution in [1.29, 1.82) is 0 Å². The van der Waals surface area contributed by atoms with E-state index in [0.29, 0.717) is 55.5 Å². The summed E-state index contributed by atoms with van der Waals surface area (Å²) in [7, 11) is 1.86. The summed E-state index contributed by atoms with van der Waals surface area (Å²) in [6.07, 6.45) is 8.72. The Morgan fingerprint density at radius 1 is 0.976 bits per heavy atom. The number of hydrogen-bond acceptors (Lipinski definition) is 10. The first kappa shape index (κ1) is 26.3. The van der Waals surface area contributed by atoms with Gasteiger partial charge in [0.15, 0.2) is 11.5 Å². The quantitative estimate of drug-likeness (QED) is 0.319. The van der Waals surface area contributed by atoms with Crippen LogP contribution >= 0.6 is 0 Å². The molecule has 4 aromatic heterocycles. The van der Waals surface area contributed by atoms with E-state index >= 15 is 0 Å². The molecule has 6 rings (SSSR count). The van der Waals surface area contributed by atoms with Crippen LogP contribution in [0.3, 0.4) is 0 Å². The maximum atomic E-state index is 12.4. The van der Waals surface area contributed by atoms with Crippen molar-refractivity contribution in [3.8, 4) is 22.6 Å². The van der Waals surface area contributed by atoms with E-state index in [9.17, 15) is 4.79 Å². The van der Waals surface area contributed by atoms with E-state index < -0.39 is 5.60 Å². The van der Waals surface area contributed by atoms with Gasteiger partial charge in [-0.1, -0.05) is 23.4 Å². The van der Waals surface area contributed by atoms with E-state index in [0.717, 1.165) is 22.4 Å². The van der Waals surface area contributed by atoms with E-state index in [2.05, 4.69) is 35.3 Å². The zero-order valence-corrected chi connectivity index (χ0v) is 23.5. The molecular weight excluding hydrogens is 522 g/mol. The molecule has 0 unspecified atom stereocenters. The molecule has 0 bridgehead atoms. The second-order valence-electron chi connectivity index (χ2n) is 11.0. The van der Waals surface area contributed by atoms with Gasteiger partial charge in [-0.05, 0) is 32.4 Å². The Labute approximate surface area is 236 Å². The number of carbonyl (C=O) groups is 1. The molecule has 0 aliphatic carbocycles. The summed E-state index contributed by atoms with van der Waals surface area (Å²) in [5.41, 5.74) is 5.00. The molecule has 0 atom stereocenters. The fraction of sp³-hybridized carbons (Fsp3) is 0.357. The normalized spacial score (nSPS) is 14.0. The largest absolute Gasteiger partial charge is 0.444 e. The number of rotatable bonds is 5. The van der Waals surface area contributed by atoms with Gasteiger partial charge in [-0.15, -0.1) is 5.10 Å². The first-order valence-electron chi connectivity index (χ1n) is 13.4. The maximum Gasteiger partial charge on any atom is 0.410 e. The summed E-state index contributed by atoms with van der Waals surface area (Å²) in [5, 5.41) is 12.7. The number of ether oxygens (including phenoxy) is 1. The average molecular weight is 554 g/mol. The number of nitrogens with zero attached hydrogens (tertiary/aromatic N) is 11. The Kier molecular flexibility index (Phi) is 6.77. The number of amides is 1. The van der Waals surface area contributed by atoms with Gasteiger partial charge in [-0.2, -0.15) is 5.10 Å². The fourth-order valence-corrected chi connectivity index (χ4v) is 4.64. The van der Waals surface area contributed by atoms with Crippen LogP contribution in [0, 0.1) is 0 Å². The van der Waals surface area contributed by atoms with E-state index in [1.807, 2.05) is 70.7 Å². The van der Waals surface area contributed by atoms with E-state index in [1.165, 1.54) is 0 Å². The van der Waals surface area contributed by atoms with Crippen LogP contribution in [0.25, 0.3) is 33.9 Å². The second kappa shape index (κ2) is 10.6. The smallest absolute Gasteiger partial charge is 0.410 e. The zero-order valence-electron chi connectivity index (χ0n) is 23.5. The summed E-state index contributed by atoms with van der Waals surface area (Å²) in [6.45, 7) is 8.65. The van der Waals surface area contributed by atoms with E-state index in [1.54, 1.807) is 26.7 Å². The van der Waals surface area contributed by atoms with Crippen molar-refractivity contribution < 1.29 is 9.53 Å². The van der Waals surface area contributed by atoms with Crippen molar-refractivity contribution in [3.05, 3.63) is 60.8 Å². The molecule has 1 fully saturated rings. The van der Waals surface area contributed by atoms with E-state index in [4.69, 9.17) is 9.72 Å². The first-order chi connectivity index (χ1) is 19.7. The third-order valence-electron chi connectivity index (χ3n) is 6.68. The first-order valence-corrected chi connectivity index (χ1v) is 13.4. The standard InChI is InChI=1S/C28H31N11O2/c1-28(2,3)41-27(40)38-10-8-37(9-11-38)22-14-29-24(30-15-22)20-7-5-6-19(12-20)17-39-26-25(34-35-39)31-16-23(33-26)21-13-32-36(4)18-21/h5-7,12-16,18H,8-11,17H2,1-4H3. The average Bonchev–Trinajstić information content (AvgIpc) is 3.58. The lowest BCUT2D eigenvalue weighted by atomic mass is 10.1. The second-order valence-corrected chi connectivity index (χ2v) is 11.0. The Morgan fingerprint density at radius 2 is 1.76 bits per heavy atom. The Balaban J connectivity index is 1.13. The number of hydrogen-bond donors (Lipinski definition) is 0. The molecule has 13 nitrogen and oxygen atoms in total. The maximum absolute atomic E-state index is 12.4. The third-order valence-corrected chi connectivity index (χ3v) is 6.68. The molecule has 0 spiro atoms. The van der Waals surface area contributed by atoms with Gasteiger partial charge in [0.25, 0.3) is 0 Å². The Hall–Kier alpha value is -4.94. The lowest BCUT2D eigenvalue weighted by molar-refractivity contribution is 0.0240. The number of carbonyl (C=O) groups excluding carboxylic acids is 1. The van der Waals surface area contributed by atoms with Crippen LogP contribution in [0.1, 0.15) is 26.3 Å². The molecule has 0 N–H and O–H groups in total. The molecule has 1 aromatic carbocycles. The van der Waals surface area contributed by atoms with Gasteiger partial charge in [0.1, 0.15) is 5.60 Å². The molecule has 0 saturated carbocycles. The van der Waals surface area contributed by atoms with Crippen LogP contribution in [0.2, 0.25) is 0 Å². The summed E-state index contributed by atoms with van der Waals surface area (Å²) in [4.78, 5) is 34.7. The highest BCUT2D eigenvalue weighted by molar-refractivity contribution is 5.70. The molecule has 210 valence electrons. The van der Waals surface area contributed by atoms with Crippen LogP contribution < -0.4 is 4.90 Å². The van der Waals surface area contributed by atoms with Crippen LogP contribution in [0.4, 0.5) is 10.5 Å². The van der Waals surface area contributed by atoms with Crippen LogP contribution in [0.15, 0.2) is 55.2 Å². The molecule has 13 heteroatoms. The van der Waals surface area contributed by atoms with Gasteiger partial charge in [-0.3, -0.25) is 4.68 Å². The van der Waals surface area contributed by atoms with Crippen molar-refractivity contribution in [2.45, 2.75) is 32.9 Å². The van der Waals surface area contributed by atoms with Crippen molar-refractivity contribution in [2.75, 3.05) is 31.1 Å². The van der Waals surface area contributed by atoms with Crippen molar-refractivity contribution in [2.24, 2.45) is 7.05 Å². The fourth-order valence-electron chi connectivity index (χ4n) is 4.64. The number of anilines is 1. The number of piperazine rings is 1. The molecular formula is C28H31N11O2. The highest BCUT2D eigenvalue weighted by Crippen LogP contribution is 2.22. The molecule has 1 aliphatic heterocycles. The van der Waals surface area contributed by atoms with Gasteiger partial charge in [-0.25, -0.2) is 29.4 Å². The molecule has 1 saturated heterocycles. The van der Waals surface area contributed by atoms with Crippen LogP contribution in [-0.4, -0.2) is 87.5 Å². The highest BCUT2D eigenvalue weighted by atomic mass is 16.6. The number of fused-ring (bicyclic) bond motifs is 1. The molecule has 1 aliphatic rings. The van der Waals surface area contributed by atoms with Crippen molar-refractivity contribution in [1.82, 2.24) is 49.6 Å². The van der Waals surface area contributed by atoms with Crippen molar-refractivity contribution in [3.63, 3.8) is 0 Å². The lowest BCUT2D eigenvalue weighted by Gasteiger charge is -2.36. The van der Waals surface area contributed by atoms with Gasteiger partial charge in [0.2, 0.25) is 5.65 Å². The molecule has 5 aromatic rings. The summed E-state index contributed by atoms with van der Waals surface area (Å²) >= 11 is 0. The molecule has 1 amide bonds. The van der Waals surface area contributed by atoms with Crippen molar-refractivity contribution >= 4 is 23.1 Å². The number of benzene rings is 1. The predicted octanol–water partition coefficient (Wildman–Crippen LogP) is 3.18. The number of aromatic nitrogens is 9. The minimum atomic E-state index is -0.504. The monoisotopic (exact) mass is 553 g/mol. The molecule has 5 heterocycles. The lowest BCUT2D eigenvalue weighted by Crippen LogP contribution is -2.50. The van der Waals surface area contributed by atoms with Crippen LogP contribution in [0.5, 0.6) is 0 Å². The van der Waals surface area contributed by atoms with Crippen LogP contribution in [-0.2, 0) is 18.3 Å². The predicted molar refractivity (Wildman–Crippen MR) is 152 cm³/mol. The minimum Gasteiger partial charge on any atom is -0.444 e. The van der Waals surface area contributed by atoms with Gasteiger partial charge in [0, 0.05) is 50.6 Å². The Bertz CT molecular complexity index is 1680. The third kappa shape index (κ3) is 5.83. The van der Waals surface area contributed by atoms with Gasteiger partial charge >= 0.3 is 6.09 Å². The number of aryl methyl sites for hydroxylation is 1. The SMILES string of the molecule is Cn1cc(-c2cnc3nnn(Cc4cccc(-c5ncc(N6CCN(C(=O)OC(C)(C)C)CC6)cn5)c4)c3n2)cn1. The van der Waals surface area contributed by atoms with Gasteiger partial charge in [0.05, 0.1) is 42.7 Å². The topological polar surface area (TPSA) is 133 Å². The van der Waals surface area contributed by atoms with E-state index in [-0.39, 0.29) is 6.09 Å². The summed E-state index contributed by atoms with van der Waals surface area (Å²) in [6, 6.07) is 8.02. The summed E-state index contributed by atoms with van der Waals surface area (Å²) < 4.78 is 8.96. The summed E-state index contributed by atoms with van der Waals surface area (Å²) in [5.74, 6) is 0.630. The zero-order chi connectivity index (χ0) is 28.6. The van der Waals surface area contributed by atoms with Gasteiger partial charge < -0.3 is 14.5 Å². The Morgan fingerprint density at radius 3 is 2.46 bits per heavy atom.